The minimum atomic E-state index is -0.875. The van der Waals surface area contributed by atoms with Crippen LogP contribution < -0.4 is 0 Å². The zero-order valence-corrected chi connectivity index (χ0v) is 16.0. The molecule has 0 spiro atoms. The number of carbonyl (C=O) groups is 1. The summed E-state index contributed by atoms with van der Waals surface area (Å²) in [6.45, 7) is 7.57. The molecule has 3 nitrogen and oxygen atoms in total. The van der Waals surface area contributed by atoms with Crippen LogP contribution in [0.4, 0.5) is 0 Å². The maximum absolute atomic E-state index is 11.2. The number of hydrogen-bond acceptors (Lipinski definition) is 2. The van der Waals surface area contributed by atoms with Crippen LogP contribution in [-0.4, -0.2) is 35.6 Å². The molecule has 0 saturated carbocycles. The molecular weight excluding hydrogens is 346 g/mol. The van der Waals surface area contributed by atoms with Crippen molar-refractivity contribution in [3.05, 3.63) is 69.2 Å². The van der Waals surface area contributed by atoms with Crippen molar-refractivity contribution < 1.29 is 9.90 Å². The highest BCUT2D eigenvalue weighted by molar-refractivity contribution is 6.31. The molecule has 136 valence electrons. The molecule has 1 saturated heterocycles. The second-order valence-corrected chi connectivity index (χ2v) is 7.99. The van der Waals surface area contributed by atoms with Gasteiger partial charge in [0, 0.05) is 23.4 Å². The molecule has 2 aromatic rings. The van der Waals surface area contributed by atoms with Gasteiger partial charge in [0.25, 0.3) is 0 Å². The van der Waals surface area contributed by atoms with Gasteiger partial charge in [-0.15, -0.1) is 0 Å². The third kappa shape index (κ3) is 2.83. The van der Waals surface area contributed by atoms with Gasteiger partial charge in [-0.2, -0.15) is 0 Å². The molecule has 4 rings (SSSR count). The van der Waals surface area contributed by atoms with Crippen LogP contribution in [0.1, 0.15) is 57.8 Å². The Morgan fingerprint density at radius 1 is 1.23 bits per heavy atom. The maximum atomic E-state index is 11.2. The molecule has 0 radical (unpaired) electrons. The van der Waals surface area contributed by atoms with Crippen molar-refractivity contribution >= 4 is 17.6 Å². The van der Waals surface area contributed by atoms with Crippen LogP contribution in [0, 0.1) is 12.8 Å². The van der Waals surface area contributed by atoms with E-state index in [1.54, 1.807) is 12.1 Å². The molecule has 3 unspecified atom stereocenters. The first-order chi connectivity index (χ1) is 12.5. The fraction of sp³-hybridized carbons (Fsp3) is 0.409. The smallest absolute Gasteiger partial charge is 0.335 e. The number of aromatic carboxylic acids is 1. The number of likely N-dealkylation sites (N-methyl/N-ethyl adjacent to an activating group) is 1. The largest absolute Gasteiger partial charge is 0.478 e. The van der Waals surface area contributed by atoms with E-state index in [2.05, 4.69) is 30.9 Å². The number of carboxylic acids is 1. The molecule has 0 aromatic heterocycles. The molecule has 1 aliphatic heterocycles. The van der Waals surface area contributed by atoms with Gasteiger partial charge in [-0.3, -0.25) is 0 Å². The highest BCUT2D eigenvalue weighted by Gasteiger charge is 2.44. The average molecular weight is 370 g/mol. The summed E-state index contributed by atoms with van der Waals surface area (Å²) in [7, 11) is 0. The fourth-order valence-electron chi connectivity index (χ4n) is 4.85. The average Bonchev–Trinajstić information content (AvgIpc) is 2.94. The van der Waals surface area contributed by atoms with E-state index in [0.29, 0.717) is 23.3 Å². The lowest BCUT2D eigenvalue weighted by atomic mass is 9.78. The van der Waals surface area contributed by atoms with Crippen molar-refractivity contribution in [2.75, 3.05) is 19.6 Å². The van der Waals surface area contributed by atoms with Gasteiger partial charge in [-0.1, -0.05) is 36.7 Å². The van der Waals surface area contributed by atoms with E-state index in [9.17, 15) is 9.90 Å². The first-order valence-electron chi connectivity index (χ1n) is 9.35. The quantitative estimate of drug-likeness (QED) is 0.834. The zero-order chi connectivity index (χ0) is 18.4. The molecule has 1 heterocycles. The Hall–Kier alpha value is -1.84. The van der Waals surface area contributed by atoms with Crippen LogP contribution in [0.15, 0.2) is 36.4 Å². The molecule has 2 aliphatic rings. The Labute approximate surface area is 159 Å². The number of nitrogens with zero attached hydrogens (tertiary/aromatic N) is 1. The summed E-state index contributed by atoms with van der Waals surface area (Å²) in [4.78, 5) is 13.7. The summed E-state index contributed by atoms with van der Waals surface area (Å²) in [5.74, 6) is 0.509. The minimum Gasteiger partial charge on any atom is -0.478 e. The summed E-state index contributed by atoms with van der Waals surface area (Å²) in [6, 6.07) is 11.9. The third-order valence-corrected chi connectivity index (χ3v) is 6.65. The highest BCUT2D eigenvalue weighted by atomic mass is 35.5. The second-order valence-electron chi connectivity index (χ2n) is 7.59. The summed E-state index contributed by atoms with van der Waals surface area (Å²) >= 11 is 6.46. The molecule has 26 heavy (non-hydrogen) atoms. The number of likely N-dealkylation sites (tertiary alicyclic amines) is 1. The number of carboxylic acid groups (broad SMARTS) is 1. The first kappa shape index (κ1) is 17.6. The van der Waals surface area contributed by atoms with E-state index in [0.717, 1.165) is 36.6 Å². The van der Waals surface area contributed by atoms with Crippen molar-refractivity contribution in [3.8, 4) is 0 Å². The number of fused-ring (bicyclic) bond motifs is 3. The van der Waals surface area contributed by atoms with Crippen LogP contribution in [0.3, 0.4) is 0 Å². The van der Waals surface area contributed by atoms with Gasteiger partial charge in [0.05, 0.1) is 5.56 Å². The number of rotatable bonds is 3. The lowest BCUT2D eigenvalue weighted by Gasteiger charge is -2.37. The van der Waals surface area contributed by atoms with E-state index in [4.69, 9.17) is 11.6 Å². The number of aryl methyl sites for hydroxylation is 1. The minimum absolute atomic E-state index is 0.327. The van der Waals surface area contributed by atoms with E-state index >= 15 is 0 Å². The van der Waals surface area contributed by atoms with Gasteiger partial charge < -0.3 is 10.0 Å². The molecule has 4 heteroatoms. The van der Waals surface area contributed by atoms with Crippen molar-refractivity contribution in [3.63, 3.8) is 0 Å². The number of piperidine rings is 1. The molecule has 1 N–H and O–H groups in total. The van der Waals surface area contributed by atoms with Gasteiger partial charge in [-0.05, 0) is 72.8 Å². The molecule has 0 bridgehead atoms. The van der Waals surface area contributed by atoms with E-state index in [1.807, 2.05) is 12.1 Å². The third-order valence-electron chi connectivity index (χ3n) is 6.24. The lowest BCUT2D eigenvalue weighted by Crippen LogP contribution is -2.38. The fourth-order valence-corrected chi connectivity index (χ4v) is 5.03. The van der Waals surface area contributed by atoms with Gasteiger partial charge >= 0.3 is 5.97 Å². The molecular formula is C22H24ClNO2. The van der Waals surface area contributed by atoms with Gasteiger partial charge in [0.1, 0.15) is 0 Å². The number of benzene rings is 2. The Balaban J connectivity index is 1.79. The molecule has 3 atom stereocenters. The Morgan fingerprint density at radius 2 is 1.96 bits per heavy atom. The van der Waals surface area contributed by atoms with Crippen LogP contribution in [0.25, 0.3) is 0 Å². The van der Waals surface area contributed by atoms with Crippen LogP contribution in [-0.2, 0) is 0 Å². The second kappa shape index (κ2) is 6.71. The van der Waals surface area contributed by atoms with E-state index in [-0.39, 0.29) is 0 Å². The zero-order valence-electron chi connectivity index (χ0n) is 15.2. The maximum Gasteiger partial charge on any atom is 0.335 e. The first-order valence-corrected chi connectivity index (χ1v) is 9.73. The monoisotopic (exact) mass is 369 g/mol. The lowest BCUT2D eigenvalue weighted by molar-refractivity contribution is 0.0697. The highest BCUT2D eigenvalue weighted by Crippen LogP contribution is 2.54. The predicted molar refractivity (Wildman–Crippen MR) is 104 cm³/mol. The van der Waals surface area contributed by atoms with Crippen molar-refractivity contribution in [1.82, 2.24) is 4.90 Å². The number of halogens is 1. The molecule has 1 aliphatic carbocycles. The Kier molecular flexibility index (Phi) is 4.54. The summed E-state index contributed by atoms with van der Waals surface area (Å²) < 4.78 is 0. The molecule has 0 amide bonds. The molecule has 1 fully saturated rings. The van der Waals surface area contributed by atoms with Crippen molar-refractivity contribution in [2.45, 2.75) is 32.1 Å². The topological polar surface area (TPSA) is 40.5 Å². The van der Waals surface area contributed by atoms with Crippen molar-refractivity contribution in [1.29, 1.82) is 0 Å². The predicted octanol–water partition coefficient (Wildman–Crippen LogP) is 4.92. The summed E-state index contributed by atoms with van der Waals surface area (Å²) in [5, 5.41) is 10.0. The van der Waals surface area contributed by atoms with E-state index in [1.165, 1.54) is 16.7 Å². The van der Waals surface area contributed by atoms with E-state index < -0.39 is 5.97 Å². The van der Waals surface area contributed by atoms with Gasteiger partial charge in [0.2, 0.25) is 0 Å². The van der Waals surface area contributed by atoms with Crippen LogP contribution in [0.5, 0.6) is 0 Å². The summed E-state index contributed by atoms with van der Waals surface area (Å²) in [6.07, 6.45) is 1.16. The van der Waals surface area contributed by atoms with Crippen LogP contribution in [0.2, 0.25) is 5.02 Å². The van der Waals surface area contributed by atoms with Gasteiger partial charge in [0.15, 0.2) is 0 Å². The Morgan fingerprint density at radius 3 is 2.62 bits per heavy atom. The van der Waals surface area contributed by atoms with Crippen molar-refractivity contribution in [2.24, 2.45) is 5.92 Å². The Bertz CT molecular complexity index is 846. The van der Waals surface area contributed by atoms with Crippen LogP contribution >= 0.6 is 11.6 Å². The SMILES string of the molecule is CCN1CCC2C(C1)c1cc(Cl)c(C)cc1C2c1ccc(C(=O)O)cc1. The summed E-state index contributed by atoms with van der Waals surface area (Å²) in [5.41, 5.74) is 5.44. The van der Waals surface area contributed by atoms with Gasteiger partial charge in [-0.25, -0.2) is 4.79 Å². The standard InChI is InChI=1S/C22H24ClNO2/c1-3-24-9-8-16-19(12-24)17-11-20(23)13(2)10-18(17)21(16)14-4-6-15(7-5-14)22(25)26/h4-7,10-11,16,19,21H,3,8-9,12H2,1-2H3,(H,25,26). The normalized spacial score (nSPS) is 25.0. The number of hydrogen-bond donors (Lipinski definition) is 1. The molecule has 2 aromatic carbocycles.